The van der Waals surface area contributed by atoms with Gasteiger partial charge in [0.2, 0.25) is 0 Å². The van der Waals surface area contributed by atoms with Crippen molar-refractivity contribution in [3.8, 4) is 0 Å². The number of hydrogen-bond donors (Lipinski definition) is 1. The van der Waals surface area contributed by atoms with Crippen molar-refractivity contribution >= 4 is 0 Å². The molecule has 0 heterocycles. The standard InChI is InChI=1S/C15H13F3O/c1-9-6-11(14(18)8-13(9)17)15(19)7-10-4-2-3-5-12(10)16/h2-6,8,15,19H,7H2,1H3. The normalized spacial score (nSPS) is 12.5. The topological polar surface area (TPSA) is 20.2 Å². The fourth-order valence-corrected chi connectivity index (χ4v) is 1.92. The summed E-state index contributed by atoms with van der Waals surface area (Å²) >= 11 is 0. The molecule has 0 bridgehead atoms. The molecule has 100 valence electrons. The molecule has 0 amide bonds. The first-order chi connectivity index (χ1) is 8.99. The highest BCUT2D eigenvalue weighted by Gasteiger charge is 2.17. The van der Waals surface area contributed by atoms with Crippen LogP contribution in [0.5, 0.6) is 0 Å². The van der Waals surface area contributed by atoms with Crippen molar-refractivity contribution in [2.75, 3.05) is 0 Å². The van der Waals surface area contributed by atoms with E-state index in [2.05, 4.69) is 0 Å². The third-order valence-electron chi connectivity index (χ3n) is 3.01. The van der Waals surface area contributed by atoms with Gasteiger partial charge in [-0.2, -0.15) is 0 Å². The average molecular weight is 266 g/mol. The molecule has 2 rings (SSSR count). The lowest BCUT2D eigenvalue weighted by Crippen LogP contribution is -2.07. The van der Waals surface area contributed by atoms with E-state index in [1.54, 1.807) is 6.07 Å². The van der Waals surface area contributed by atoms with Crippen molar-refractivity contribution < 1.29 is 18.3 Å². The van der Waals surface area contributed by atoms with Crippen LogP contribution in [0.3, 0.4) is 0 Å². The molecule has 0 aliphatic heterocycles. The Hall–Kier alpha value is -1.81. The maximum Gasteiger partial charge on any atom is 0.131 e. The summed E-state index contributed by atoms with van der Waals surface area (Å²) in [7, 11) is 0. The number of hydrogen-bond acceptors (Lipinski definition) is 1. The summed E-state index contributed by atoms with van der Waals surface area (Å²) < 4.78 is 40.2. The van der Waals surface area contributed by atoms with Crippen molar-refractivity contribution in [3.63, 3.8) is 0 Å². The molecule has 0 aromatic heterocycles. The van der Waals surface area contributed by atoms with Crippen LogP contribution in [0.25, 0.3) is 0 Å². The van der Waals surface area contributed by atoms with E-state index in [1.165, 1.54) is 31.2 Å². The van der Waals surface area contributed by atoms with Gasteiger partial charge in [0.15, 0.2) is 0 Å². The van der Waals surface area contributed by atoms with Gasteiger partial charge in [-0.1, -0.05) is 18.2 Å². The minimum Gasteiger partial charge on any atom is -0.388 e. The Morgan fingerprint density at radius 1 is 1.00 bits per heavy atom. The van der Waals surface area contributed by atoms with Crippen LogP contribution < -0.4 is 0 Å². The summed E-state index contributed by atoms with van der Waals surface area (Å²) in [5.41, 5.74) is 0.502. The number of aliphatic hydroxyl groups is 1. The maximum atomic E-state index is 13.6. The summed E-state index contributed by atoms with van der Waals surface area (Å²) in [5, 5.41) is 9.97. The van der Waals surface area contributed by atoms with Gasteiger partial charge in [0.25, 0.3) is 0 Å². The highest BCUT2D eigenvalue weighted by atomic mass is 19.1. The zero-order chi connectivity index (χ0) is 14.0. The second kappa shape index (κ2) is 5.45. The second-order valence-corrected chi connectivity index (χ2v) is 4.43. The number of aliphatic hydroxyl groups excluding tert-OH is 1. The van der Waals surface area contributed by atoms with Crippen LogP contribution in [0.1, 0.15) is 22.8 Å². The van der Waals surface area contributed by atoms with E-state index in [1.807, 2.05) is 0 Å². The Bertz CT molecular complexity index is 596. The predicted octanol–water partition coefficient (Wildman–Crippen LogP) is 3.69. The molecule has 19 heavy (non-hydrogen) atoms. The maximum absolute atomic E-state index is 13.6. The lowest BCUT2D eigenvalue weighted by molar-refractivity contribution is 0.172. The molecule has 1 atom stereocenters. The molecule has 2 aromatic rings. The molecule has 0 saturated heterocycles. The molecule has 2 aromatic carbocycles. The fraction of sp³-hybridized carbons (Fsp3) is 0.200. The van der Waals surface area contributed by atoms with E-state index in [0.29, 0.717) is 0 Å². The molecule has 0 fully saturated rings. The Labute approximate surface area is 109 Å². The Balaban J connectivity index is 2.28. The molecule has 0 saturated carbocycles. The van der Waals surface area contributed by atoms with E-state index < -0.39 is 23.6 Å². The van der Waals surface area contributed by atoms with Gasteiger partial charge in [-0.05, 0) is 30.2 Å². The third-order valence-corrected chi connectivity index (χ3v) is 3.01. The van der Waals surface area contributed by atoms with Crippen LogP contribution in [0, 0.1) is 24.4 Å². The molecule has 0 aliphatic rings. The van der Waals surface area contributed by atoms with Gasteiger partial charge in [-0.3, -0.25) is 0 Å². The van der Waals surface area contributed by atoms with Crippen LogP contribution in [-0.4, -0.2) is 5.11 Å². The van der Waals surface area contributed by atoms with E-state index >= 15 is 0 Å². The second-order valence-electron chi connectivity index (χ2n) is 4.43. The Morgan fingerprint density at radius 2 is 1.68 bits per heavy atom. The highest BCUT2D eigenvalue weighted by Crippen LogP contribution is 2.24. The quantitative estimate of drug-likeness (QED) is 0.898. The van der Waals surface area contributed by atoms with Gasteiger partial charge in [-0.25, -0.2) is 13.2 Å². The smallest absolute Gasteiger partial charge is 0.131 e. The van der Waals surface area contributed by atoms with Crippen molar-refractivity contribution in [2.45, 2.75) is 19.4 Å². The summed E-state index contributed by atoms with van der Waals surface area (Å²) in [5.74, 6) is -1.95. The molecular weight excluding hydrogens is 253 g/mol. The number of rotatable bonds is 3. The fourth-order valence-electron chi connectivity index (χ4n) is 1.92. The van der Waals surface area contributed by atoms with E-state index in [0.717, 1.165) is 6.07 Å². The van der Waals surface area contributed by atoms with Crippen LogP contribution >= 0.6 is 0 Å². The molecule has 0 aliphatic carbocycles. The van der Waals surface area contributed by atoms with Crippen molar-refractivity contribution in [1.82, 2.24) is 0 Å². The molecule has 4 heteroatoms. The third kappa shape index (κ3) is 2.96. The van der Waals surface area contributed by atoms with E-state index in [4.69, 9.17) is 0 Å². The first-order valence-corrected chi connectivity index (χ1v) is 5.86. The number of halogens is 3. The molecule has 0 spiro atoms. The van der Waals surface area contributed by atoms with Crippen LogP contribution in [0.2, 0.25) is 0 Å². The minimum atomic E-state index is -1.21. The van der Waals surface area contributed by atoms with Crippen molar-refractivity contribution in [2.24, 2.45) is 0 Å². The molecule has 0 radical (unpaired) electrons. The van der Waals surface area contributed by atoms with Crippen molar-refractivity contribution in [1.29, 1.82) is 0 Å². The number of aryl methyl sites for hydroxylation is 1. The van der Waals surface area contributed by atoms with Gasteiger partial charge in [-0.15, -0.1) is 0 Å². The predicted molar refractivity (Wildman–Crippen MR) is 66.2 cm³/mol. The highest BCUT2D eigenvalue weighted by molar-refractivity contribution is 5.29. The zero-order valence-corrected chi connectivity index (χ0v) is 10.3. The molecule has 1 N–H and O–H groups in total. The summed E-state index contributed by atoms with van der Waals surface area (Å²) in [4.78, 5) is 0. The first-order valence-electron chi connectivity index (χ1n) is 5.86. The molecule has 1 unspecified atom stereocenters. The van der Waals surface area contributed by atoms with E-state index in [-0.39, 0.29) is 23.1 Å². The van der Waals surface area contributed by atoms with Gasteiger partial charge in [0.05, 0.1) is 6.10 Å². The average Bonchev–Trinajstić information content (AvgIpc) is 2.36. The molecular formula is C15H13F3O. The van der Waals surface area contributed by atoms with Crippen molar-refractivity contribution in [3.05, 3.63) is 70.5 Å². The van der Waals surface area contributed by atoms with Crippen LogP contribution in [-0.2, 0) is 6.42 Å². The molecule has 1 nitrogen and oxygen atoms in total. The lowest BCUT2D eigenvalue weighted by Gasteiger charge is -2.13. The van der Waals surface area contributed by atoms with Gasteiger partial charge < -0.3 is 5.11 Å². The largest absolute Gasteiger partial charge is 0.388 e. The summed E-state index contributed by atoms with van der Waals surface area (Å²) in [6.07, 6.45) is -1.27. The zero-order valence-electron chi connectivity index (χ0n) is 10.3. The summed E-state index contributed by atoms with van der Waals surface area (Å²) in [6, 6.07) is 7.94. The van der Waals surface area contributed by atoms with Gasteiger partial charge in [0.1, 0.15) is 17.5 Å². The van der Waals surface area contributed by atoms with Gasteiger partial charge in [0, 0.05) is 18.1 Å². The van der Waals surface area contributed by atoms with E-state index in [9.17, 15) is 18.3 Å². The Kier molecular flexibility index (Phi) is 3.90. The number of benzene rings is 2. The lowest BCUT2D eigenvalue weighted by atomic mass is 9.99. The Morgan fingerprint density at radius 3 is 2.37 bits per heavy atom. The van der Waals surface area contributed by atoms with Crippen LogP contribution in [0.15, 0.2) is 36.4 Å². The minimum absolute atomic E-state index is 0.0258. The monoisotopic (exact) mass is 266 g/mol. The first kappa shape index (κ1) is 13.6. The SMILES string of the molecule is Cc1cc(C(O)Cc2ccccc2F)c(F)cc1F. The van der Waals surface area contributed by atoms with Gasteiger partial charge >= 0.3 is 0 Å². The summed E-state index contributed by atoms with van der Waals surface area (Å²) in [6.45, 7) is 1.48. The van der Waals surface area contributed by atoms with Crippen LogP contribution in [0.4, 0.5) is 13.2 Å².